The number of carboxylic acids is 1. The van der Waals surface area contributed by atoms with Crippen molar-refractivity contribution in [3.63, 3.8) is 0 Å². The molecule has 57 valence electrons. The fourth-order valence-corrected chi connectivity index (χ4v) is 0.770. The lowest BCUT2D eigenvalue weighted by Gasteiger charge is -2.00. The molecule has 0 bridgehead atoms. The van der Waals surface area contributed by atoms with Crippen LogP contribution in [0.1, 0.15) is 11.7 Å². The number of rotatable bonds is 2. The molecule has 0 aromatic heterocycles. The molecular formula is C8H7O3. The number of hydrogen-bond acceptors (Lipinski definition) is 1. The van der Waals surface area contributed by atoms with Gasteiger partial charge < -0.3 is 5.11 Å². The summed E-state index contributed by atoms with van der Waals surface area (Å²) < 4.78 is 0. The van der Waals surface area contributed by atoms with Gasteiger partial charge in [-0.2, -0.15) is 0 Å². The molecule has 1 atom stereocenters. The molecule has 0 fully saturated rings. The van der Waals surface area contributed by atoms with Gasteiger partial charge in [0.2, 0.25) is 6.10 Å². The van der Waals surface area contributed by atoms with Crippen molar-refractivity contribution in [3.05, 3.63) is 35.9 Å². The molecule has 3 nitrogen and oxygen atoms in total. The molecule has 0 heterocycles. The average molecular weight is 151 g/mol. The molecule has 1 rings (SSSR count). The zero-order valence-corrected chi connectivity index (χ0v) is 5.73. The minimum Gasteiger partial charge on any atom is -0.479 e. The molecular weight excluding hydrogens is 144 g/mol. The van der Waals surface area contributed by atoms with Gasteiger partial charge >= 0.3 is 5.97 Å². The van der Waals surface area contributed by atoms with E-state index in [2.05, 4.69) is 0 Å². The second-order valence-corrected chi connectivity index (χ2v) is 2.13. The van der Waals surface area contributed by atoms with Crippen molar-refractivity contribution < 1.29 is 15.0 Å². The maximum Gasteiger partial charge on any atom is 0.340 e. The highest BCUT2D eigenvalue weighted by Crippen LogP contribution is 2.11. The maximum atomic E-state index is 10.8. The normalized spacial score (nSPS) is 12.5. The fourth-order valence-electron chi connectivity index (χ4n) is 0.770. The highest BCUT2D eigenvalue weighted by molar-refractivity contribution is 5.73. The average Bonchev–Trinajstić information content (AvgIpc) is 2.05. The molecule has 0 spiro atoms. The first-order valence-corrected chi connectivity index (χ1v) is 3.15. The lowest BCUT2D eigenvalue weighted by molar-refractivity contribution is -0.150. The third-order valence-electron chi connectivity index (χ3n) is 1.33. The SMILES string of the molecule is [O]C(C(=O)O)c1ccccc1. The highest BCUT2D eigenvalue weighted by atomic mass is 16.4. The smallest absolute Gasteiger partial charge is 0.340 e. The lowest BCUT2D eigenvalue weighted by Crippen LogP contribution is -2.08. The molecule has 0 saturated carbocycles. The van der Waals surface area contributed by atoms with Gasteiger partial charge in [-0.25, -0.2) is 9.90 Å². The van der Waals surface area contributed by atoms with Crippen LogP contribution in [0.25, 0.3) is 0 Å². The Kier molecular flexibility index (Phi) is 2.23. The Labute approximate surface area is 63.9 Å². The van der Waals surface area contributed by atoms with Crippen LogP contribution in [0.4, 0.5) is 0 Å². The van der Waals surface area contributed by atoms with Gasteiger partial charge in [0.1, 0.15) is 0 Å². The van der Waals surface area contributed by atoms with Crippen LogP contribution in [0.3, 0.4) is 0 Å². The molecule has 0 amide bonds. The van der Waals surface area contributed by atoms with E-state index in [4.69, 9.17) is 5.11 Å². The molecule has 3 heteroatoms. The quantitative estimate of drug-likeness (QED) is 0.691. The predicted molar refractivity (Wildman–Crippen MR) is 37.5 cm³/mol. The summed E-state index contributed by atoms with van der Waals surface area (Å²) >= 11 is 0. The van der Waals surface area contributed by atoms with Crippen molar-refractivity contribution in [2.75, 3.05) is 0 Å². The summed E-state index contributed by atoms with van der Waals surface area (Å²) in [5.74, 6) is -1.34. The van der Waals surface area contributed by atoms with Crippen LogP contribution in [-0.4, -0.2) is 11.1 Å². The Bertz CT molecular complexity index is 243. The van der Waals surface area contributed by atoms with Crippen LogP contribution in [0.15, 0.2) is 30.3 Å². The molecule has 0 saturated heterocycles. The van der Waals surface area contributed by atoms with Crippen LogP contribution in [0.2, 0.25) is 0 Å². The van der Waals surface area contributed by atoms with Crippen LogP contribution in [0.5, 0.6) is 0 Å². The number of carboxylic acid groups (broad SMARTS) is 1. The number of benzene rings is 1. The van der Waals surface area contributed by atoms with E-state index in [-0.39, 0.29) is 0 Å². The largest absolute Gasteiger partial charge is 0.479 e. The second kappa shape index (κ2) is 3.16. The summed E-state index contributed by atoms with van der Waals surface area (Å²) in [5.41, 5.74) is 0.292. The highest BCUT2D eigenvalue weighted by Gasteiger charge is 2.16. The van der Waals surface area contributed by atoms with E-state index >= 15 is 0 Å². The van der Waals surface area contributed by atoms with Gasteiger partial charge in [0.05, 0.1) is 0 Å². The lowest BCUT2D eigenvalue weighted by atomic mass is 10.1. The van der Waals surface area contributed by atoms with E-state index in [0.717, 1.165) is 0 Å². The Morgan fingerprint density at radius 3 is 2.27 bits per heavy atom. The van der Waals surface area contributed by atoms with Crippen molar-refractivity contribution in [2.45, 2.75) is 6.10 Å². The molecule has 1 aromatic carbocycles. The minimum absolute atomic E-state index is 0.292. The molecule has 0 aliphatic rings. The third kappa shape index (κ3) is 1.78. The van der Waals surface area contributed by atoms with E-state index in [1.807, 2.05) is 0 Å². The Balaban J connectivity index is 2.85. The summed E-state index contributed by atoms with van der Waals surface area (Å²) in [6, 6.07) is 8.03. The summed E-state index contributed by atoms with van der Waals surface area (Å²) in [6.07, 6.45) is -1.66. The molecule has 0 aliphatic carbocycles. The fraction of sp³-hybridized carbons (Fsp3) is 0.125. The van der Waals surface area contributed by atoms with E-state index in [9.17, 15) is 9.90 Å². The van der Waals surface area contributed by atoms with Gasteiger partial charge in [0, 0.05) is 0 Å². The number of hydrogen-bond donors (Lipinski definition) is 1. The van der Waals surface area contributed by atoms with Gasteiger partial charge in [0.15, 0.2) is 0 Å². The van der Waals surface area contributed by atoms with Crippen LogP contribution >= 0.6 is 0 Å². The van der Waals surface area contributed by atoms with E-state index in [1.54, 1.807) is 18.2 Å². The van der Waals surface area contributed by atoms with Crippen molar-refractivity contribution in [1.82, 2.24) is 0 Å². The van der Waals surface area contributed by atoms with Crippen LogP contribution < -0.4 is 0 Å². The van der Waals surface area contributed by atoms with E-state index < -0.39 is 12.1 Å². The van der Waals surface area contributed by atoms with E-state index in [0.29, 0.717) is 5.56 Å². The van der Waals surface area contributed by atoms with Gasteiger partial charge in [-0.1, -0.05) is 30.3 Å². The number of carbonyl (C=O) groups is 1. The molecule has 1 radical (unpaired) electrons. The Morgan fingerprint density at radius 1 is 1.27 bits per heavy atom. The van der Waals surface area contributed by atoms with Crippen molar-refractivity contribution >= 4 is 5.97 Å². The predicted octanol–water partition coefficient (Wildman–Crippen LogP) is 1.24. The monoisotopic (exact) mass is 151 g/mol. The summed E-state index contributed by atoms with van der Waals surface area (Å²) in [7, 11) is 0. The van der Waals surface area contributed by atoms with E-state index in [1.165, 1.54) is 12.1 Å². The maximum absolute atomic E-state index is 10.8. The first-order chi connectivity index (χ1) is 5.22. The minimum atomic E-state index is -1.66. The summed E-state index contributed by atoms with van der Waals surface area (Å²) in [5, 5.41) is 19.2. The molecule has 1 N–H and O–H groups in total. The number of aliphatic carboxylic acids is 1. The first kappa shape index (κ1) is 7.75. The first-order valence-electron chi connectivity index (χ1n) is 3.15. The molecule has 1 aromatic rings. The topological polar surface area (TPSA) is 57.2 Å². The van der Waals surface area contributed by atoms with Gasteiger partial charge in [-0.15, -0.1) is 0 Å². The van der Waals surface area contributed by atoms with Gasteiger partial charge in [-0.3, -0.25) is 0 Å². The van der Waals surface area contributed by atoms with Crippen molar-refractivity contribution in [2.24, 2.45) is 0 Å². The Hall–Kier alpha value is -1.35. The molecule has 1 unspecified atom stereocenters. The third-order valence-corrected chi connectivity index (χ3v) is 1.33. The van der Waals surface area contributed by atoms with Gasteiger partial charge in [-0.05, 0) is 5.56 Å². The van der Waals surface area contributed by atoms with Gasteiger partial charge in [0.25, 0.3) is 0 Å². The van der Waals surface area contributed by atoms with Crippen LogP contribution in [0, 0.1) is 0 Å². The van der Waals surface area contributed by atoms with Crippen molar-refractivity contribution in [3.8, 4) is 0 Å². The second-order valence-electron chi connectivity index (χ2n) is 2.13. The molecule has 11 heavy (non-hydrogen) atoms. The Morgan fingerprint density at radius 2 is 1.82 bits per heavy atom. The standard InChI is InChI=1S/C8H7O3/c9-7(8(10)11)6-4-2-1-3-5-6/h1-5,7H,(H,10,11). The summed E-state index contributed by atoms with van der Waals surface area (Å²) in [6.45, 7) is 0. The zero-order chi connectivity index (χ0) is 8.27. The zero-order valence-electron chi connectivity index (χ0n) is 5.73. The summed E-state index contributed by atoms with van der Waals surface area (Å²) in [4.78, 5) is 10.2. The van der Waals surface area contributed by atoms with Crippen molar-refractivity contribution in [1.29, 1.82) is 0 Å². The molecule has 0 aliphatic heterocycles. The van der Waals surface area contributed by atoms with Crippen LogP contribution in [-0.2, 0) is 9.90 Å².